The van der Waals surface area contributed by atoms with Crippen LogP contribution in [-0.4, -0.2) is 30.6 Å². The Hall–Kier alpha value is -1.61. The van der Waals surface area contributed by atoms with Crippen LogP contribution in [0.2, 0.25) is 0 Å². The lowest BCUT2D eigenvalue weighted by molar-refractivity contribution is 0.359. The molecule has 2 aromatic rings. The van der Waals surface area contributed by atoms with Crippen molar-refractivity contribution in [3.8, 4) is 5.75 Å². The average Bonchev–Trinajstić information content (AvgIpc) is 3.03. The van der Waals surface area contributed by atoms with Gasteiger partial charge in [0.05, 0.1) is 11.6 Å². The molecule has 0 aliphatic carbocycles. The molecule has 0 saturated heterocycles. The Morgan fingerprint density at radius 2 is 2.15 bits per heavy atom. The van der Waals surface area contributed by atoms with Crippen molar-refractivity contribution in [2.24, 2.45) is 4.99 Å². The number of benzene rings is 1. The van der Waals surface area contributed by atoms with Crippen molar-refractivity contribution in [1.29, 1.82) is 0 Å². The van der Waals surface area contributed by atoms with Gasteiger partial charge in [0.2, 0.25) is 0 Å². The van der Waals surface area contributed by atoms with E-state index in [1.165, 1.54) is 4.88 Å². The maximum absolute atomic E-state index is 5.68. The quantitative estimate of drug-likeness (QED) is 0.244. The summed E-state index contributed by atoms with van der Waals surface area (Å²) >= 11 is 1.74. The zero-order valence-electron chi connectivity index (χ0n) is 15.3. The highest BCUT2D eigenvalue weighted by molar-refractivity contribution is 14.0. The zero-order chi connectivity index (χ0) is 17.9. The third-order valence-electron chi connectivity index (χ3n) is 3.38. The van der Waals surface area contributed by atoms with Gasteiger partial charge in [-0.2, -0.15) is 0 Å². The summed E-state index contributed by atoms with van der Waals surface area (Å²) in [5.74, 6) is 1.65. The Kier molecular flexibility index (Phi) is 11.0. The van der Waals surface area contributed by atoms with Crippen LogP contribution < -0.4 is 15.4 Å². The van der Waals surface area contributed by atoms with Crippen LogP contribution in [0.15, 0.2) is 48.1 Å². The first-order chi connectivity index (χ1) is 12.2. The van der Waals surface area contributed by atoms with Crippen molar-refractivity contribution in [3.63, 3.8) is 0 Å². The van der Waals surface area contributed by atoms with Crippen LogP contribution >= 0.6 is 35.3 Å². The summed E-state index contributed by atoms with van der Waals surface area (Å²) in [7, 11) is 0. The number of ether oxygens (including phenoxy) is 1. The van der Waals surface area contributed by atoms with Gasteiger partial charge in [-0.15, -0.1) is 35.3 Å². The van der Waals surface area contributed by atoms with Crippen molar-refractivity contribution in [2.45, 2.75) is 26.8 Å². The van der Waals surface area contributed by atoms with E-state index in [0.717, 1.165) is 41.8 Å². The van der Waals surface area contributed by atoms with Gasteiger partial charge < -0.3 is 15.4 Å². The second-order valence-electron chi connectivity index (χ2n) is 5.44. The largest absolute Gasteiger partial charge is 0.489 e. The normalized spacial score (nSPS) is 10.8. The van der Waals surface area contributed by atoms with Crippen LogP contribution in [0.25, 0.3) is 0 Å². The van der Waals surface area contributed by atoms with Crippen LogP contribution in [0.5, 0.6) is 5.75 Å². The van der Waals surface area contributed by atoms with E-state index in [1.807, 2.05) is 30.5 Å². The molecule has 0 saturated carbocycles. The van der Waals surface area contributed by atoms with E-state index in [-0.39, 0.29) is 24.0 Å². The molecule has 0 atom stereocenters. The monoisotopic (exact) mass is 486 g/mol. The van der Waals surface area contributed by atoms with Gasteiger partial charge in [0.15, 0.2) is 5.96 Å². The molecule has 0 amide bonds. The topological polar surface area (TPSA) is 58.5 Å². The predicted molar refractivity (Wildman–Crippen MR) is 121 cm³/mol. The number of para-hydroxylation sites is 1. The summed E-state index contributed by atoms with van der Waals surface area (Å²) in [6.07, 6.45) is 4.55. The summed E-state index contributed by atoms with van der Waals surface area (Å²) < 4.78 is 5.68. The van der Waals surface area contributed by atoms with Crippen molar-refractivity contribution in [1.82, 2.24) is 15.6 Å². The van der Waals surface area contributed by atoms with Gasteiger partial charge in [0.25, 0.3) is 0 Å². The minimum absolute atomic E-state index is 0. The van der Waals surface area contributed by atoms with Crippen molar-refractivity contribution in [2.75, 3.05) is 19.7 Å². The molecule has 2 rings (SSSR count). The fourth-order valence-electron chi connectivity index (χ4n) is 2.23. The Bertz CT molecular complexity index is 702. The zero-order valence-corrected chi connectivity index (χ0v) is 18.5. The van der Waals surface area contributed by atoms with Crippen molar-refractivity contribution < 1.29 is 4.74 Å². The van der Waals surface area contributed by atoms with Gasteiger partial charge in [-0.1, -0.05) is 30.9 Å². The fraction of sp³-hybridized carbons (Fsp3) is 0.368. The van der Waals surface area contributed by atoms with Crippen LogP contribution in [0.3, 0.4) is 0 Å². The molecule has 7 heteroatoms. The van der Waals surface area contributed by atoms with Gasteiger partial charge in [0.1, 0.15) is 12.4 Å². The summed E-state index contributed by atoms with van der Waals surface area (Å²) in [6.45, 7) is 10.5. The van der Waals surface area contributed by atoms with E-state index in [2.05, 4.69) is 41.0 Å². The fourth-order valence-corrected chi connectivity index (χ4v) is 3.02. The average molecular weight is 486 g/mol. The molecule has 1 aromatic carbocycles. The molecule has 0 radical (unpaired) electrons. The molecule has 0 aliphatic rings. The summed E-state index contributed by atoms with van der Waals surface area (Å²) in [6, 6.07) is 7.95. The molecule has 0 aliphatic heterocycles. The Balaban J connectivity index is 0.00000338. The minimum Gasteiger partial charge on any atom is -0.489 e. The second kappa shape index (κ2) is 12.7. The first kappa shape index (κ1) is 22.4. The number of guanidine groups is 1. The summed E-state index contributed by atoms with van der Waals surface area (Å²) in [5, 5.41) is 7.77. The van der Waals surface area contributed by atoms with Gasteiger partial charge in [-0.05, 0) is 19.9 Å². The third-order valence-corrected chi connectivity index (χ3v) is 4.35. The lowest BCUT2D eigenvalue weighted by Gasteiger charge is -2.12. The molecule has 5 nitrogen and oxygen atoms in total. The molecule has 0 unspecified atom stereocenters. The molecule has 1 heterocycles. The molecule has 142 valence electrons. The first-order valence-corrected chi connectivity index (χ1v) is 9.29. The van der Waals surface area contributed by atoms with Gasteiger partial charge in [-0.25, -0.2) is 9.98 Å². The maximum atomic E-state index is 5.68. The summed E-state index contributed by atoms with van der Waals surface area (Å²) in [5.41, 5.74) is 1.05. The number of aliphatic imine (C=N–C) groups is 1. The molecule has 26 heavy (non-hydrogen) atoms. The number of rotatable bonds is 9. The van der Waals surface area contributed by atoms with Crippen molar-refractivity contribution in [3.05, 3.63) is 58.6 Å². The van der Waals surface area contributed by atoms with Gasteiger partial charge in [-0.3, -0.25) is 0 Å². The number of nitrogens with one attached hydrogen (secondary N) is 2. The van der Waals surface area contributed by atoms with E-state index >= 15 is 0 Å². The Labute approximate surface area is 177 Å². The minimum atomic E-state index is 0. The number of nitrogens with zero attached hydrogens (tertiary/aromatic N) is 2. The van der Waals surface area contributed by atoms with Gasteiger partial charge >= 0.3 is 0 Å². The second-order valence-corrected chi connectivity index (χ2v) is 6.76. The van der Waals surface area contributed by atoms with Crippen LogP contribution in [0.1, 0.15) is 22.4 Å². The lowest BCUT2D eigenvalue weighted by Crippen LogP contribution is -2.38. The number of hydrogen-bond acceptors (Lipinski definition) is 4. The number of halogens is 1. The molecular weight excluding hydrogens is 459 g/mol. The highest BCUT2D eigenvalue weighted by Crippen LogP contribution is 2.18. The van der Waals surface area contributed by atoms with Crippen LogP contribution in [-0.2, 0) is 13.0 Å². The maximum Gasteiger partial charge on any atom is 0.191 e. The highest BCUT2D eigenvalue weighted by atomic mass is 127. The first-order valence-electron chi connectivity index (χ1n) is 8.48. The van der Waals surface area contributed by atoms with E-state index in [4.69, 9.17) is 4.74 Å². The lowest BCUT2D eigenvalue weighted by atomic mass is 10.2. The third kappa shape index (κ3) is 7.74. The SMILES string of the molecule is C=CCOc1ccccc1CN=C(NCC)NCCc1ncc(C)s1.I. The van der Waals surface area contributed by atoms with E-state index in [1.54, 1.807) is 17.4 Å². The van der Waals surface area contributed by atoms with E-state index < -0.39 is 0 Å². The van der Waals surface area contributed by atoms with E-state index in [9.17, 15) is 0 Å². The molecule has 0 bridgehead atoms. The number of aromatic nitrogens is 1. The number of aryl methyl sites for hydroxylation is 1. The standard InChI is InChI=1S/C19H26N4OS.HI/c1-4-12-24-17-9-7-6-8-16(17)14-23-19(20-5-2)21-11-10-18-22-13-15(3)25-18;/h4,6-9,13H,1,5,10-12,14H2,2-3H3,(H2,20,21,23);1H. The smallest absolute Gasteiger partial charge is 0.191 e. The van der Waals surface area contributed by atoms with Gasteiger partial charge in [0, 0.05) is 36.1 Å². The highest BCUT2D eigenvalue weighted by Gasteiger charge is 2.04. The van der Waals surface area contributed by atoms with Crippen LogP contribution in [0, 0.1) is 6.92 Å². The summed E-state index contributed by atoms with van der Waals surface area (Å²) in [4.78, 5) is 10.3. The number of thiazole rings is 1. The molecule has 2 N–H and O–H groups in total. The van der Waals surface area contributed by atoms with E-state index in [0.29, 0.717) is 13.2 Å². The molecular formula is C19H27IN4OS. The van der Waals surface area contributed by atoms with Crippen LogP contribution in [0.4, 0.5) is 0 Å². The Morgan fingerprint density at radius 3 is 2.85 bits per heavy atom. The van der Waals surface area contributed by atoms with Crippen molar-refractivity contribution >= 4 is 41.3 Å². The molecule has 0 spiro atoms. The predicted octanol–water partition coefficient (Wildman–Crippen LogP) is 3.93. The molecule has 0 fully saturated rings. The Morgan fingerprint density at radius 1 is 1.35 bits per heavy atom. The molecule has 1 aromatic heterocycles. The number of hydrogen-bond donors (Lipinski definition) is 2.